The number of carbonyl (C=O) groups is 1. The summed E-state index contributed by atoms with van der Waals surface area (Å²) < 4.78 is 1.01. The summed E-state index contributed by atoms with van der Waals surface area (Å²) in [7, 11) is 1.81. The maximum atomic E-state index is 12.2. The van der Waals surface area contributed by atoms with E-state index in [1.807, 2.05) is 48.5 Å². The van der Waals surface area contributed by atoms with Crippen molar-refractivity contribution in [1.29, 1.82) is 0 Å². The highest BCUT2D eigenvalue weighted by Crippen LogP contribution is 2.18. The summed E-state index contributed by atoms with van der Waals surface area (Å²) in [5.74, 6) is 0.0543. The molecule has 1 amide bonds. The number of carbonyl (C=O) groups excluding carboxylic acids is 1. The molecule has 2 aromatic carbocycles. The number of nitrogens with zero attached hydrogens (tertiary/aromatic N) is 1. The van der Waals surface area contributed by atoms with Crippen LogP contribution in [0.5, 0.6) is 0 Å². The highest BCUT2D eigenvalue weighted by molar-refractivity contribution is 9.10. The number of para-hydroxylation sites is 1. The first kappa shape index (κ1) is 14.6. The zero-order valence-electron chi connectivity index (χ0n) is 11.3. The molecule has 0 aromatic heterocycles. The average Bonchev–Trinajstić information content (AvgIpc) is 2.43. The third kappa shape index (κ3) is 3.61. The molecule has 0 atom stereocenters. The molecule has 104 valence electrons. The van der Waals surface area contributed by atoms with Gasteiger partial charge in [0.1, 0.15) is 0 Å². The molecule has 0 aliphatic rings. The second-order valence-corrected chi connectivity index (χ2v) is 5.57. The van der Waals surface area contributed by atoms with Gasteiger partial charge in [0.2, 0.25) is 5.91 Å². The van der Waals surface area contributed by atoms with Crippen molar-refractivity contribution in [2.75, 3.05) is 12.8 Å². The summed E-state index contributed by atoms with van der Waals surface area (Å²) in [4.78, 5) is 14.0. The number of hydrogen-bond acceptors (Lipinski definition) is 2. The van der Waals surface area contributed by atoms with Crippen LogP contribution in [0.4, 0.5) is 5.69 Å². The molecular formula is C16H17BrN2O. The standard InChI is InChI=1S/C16H17BrN2O/c1-19(11-13-7-2-4-8-14(13)17)16(20)10-12-6-3-5-9-15(12)18/h2-9H,10-11,18H2,1H3. The fraction of sp³-hybridized carbons (Fsp3) is 0.188. The molecule has 0 aliphatic heterocycles. The number of nitrogen functional groups attached to an aromatic ring is 1. The number of hydrogen-bond donors (Lipinski definition) is 1. The molecule has 0 fully saturated rings. The number of likely N-dealkylation sites (N-methyl/N-ethyl adjacent to an activating group) is 1. The molecule has 4 heteroatoms. The first-order valence-electron chi connectivity index (χ1n) is 6.38. The number of halogens is 1. The van der Waals surface area contributed by atoms with Gasteiger partial charge in [-0.2, -0.15) is 0 Å². The Kier molecular flexibility index (Phi) is 4.79. The van der Waals surface area contributed by atoms with Crippen LogP contribution in [0.2, 0.25) is 0 Å². The van der Waals surface area contributed by atoms with Crippen LogP contribution in [-0.4, -0.2) is 17.9 Å². The van der Waals surface area contributed by atoms with Gasteiger partial charge >= 0.3 is 0 Å². The van der Waals surface area contributed by atoms with Crippen molar-refractivity contribution >= 4 is 27.5 Å². The summed E-state index contributed by atoms with van der Waals surface area (Å²) in [6, 6.07) is 15.4. The van der Waals surface area contributed by atoms with Crippen LogP contribution in [0.1, 0.15) is 11.1 Å². The lowest BCUT2D eigenvalue weighted by Crippen LogP contribution is -2.28. The molecule has 0 saturated carbocycles. The van der Waals surface area contributed by atoms with Gasteiger partial charge in [-0.1, -0.05) is 52.3 Å². The van der Waals surface area contributed by atoms with Gasteiger partial charge in [0, 0.05) is 23.8 Å². The van der Waals surface area contributed by atoms with Crippen molar-refractivity contribution in [2.45, 2.75) is 13.0 Å². The Hall–Kier alpha value is -1.81. The van der Waals surface area contributed by atoms with E-state index < -0.39 is 0 Å². The van der Waals surface area contributed by atoms with Crippen LogP contribution in [0.25, 0.3) is 0 Å². The molecule has 0 aliphatic carbocycles. The minimum Gasteiger partial charge on any atom is -0.398 e. The quantitative estimate of drug-likeness (QED) is 0.873. The fourth-order valence-electron chi connectivity index (χ4n) is 1.96. The van der Waals surface area contributed by atoms with Crippen LogP contribution in [-0.2, 0) is 17.8 Å². The molecule has 2 N–H and O–H groups in total. The average molecular weight is 333 g/mol. The van der Waals surface area contributed by atoms with Gasteiger partial charge in [0.05, 0.1) is 6.42 Å². The van der Waals surface area contributed by atoms with Crippen LogP contribution >= 0.6 is 15.9 Å². The van der Waals surface area contributed by atoms with Gasteiger partial charge in [-0.25, -0.2) is 0 Å². The summed E-state index contributed by atoms with van der Waals surface area (Å²) in [5.41, 5.74) is 8.49. The lowest BCUT2D eigenvalue weighted by atomic mass is 10.1. The summed E-state index contributed by atoms with van der Waals surface area (Å²) >= 11 is 3.49. The van der Waals surface area contributed by atoms with E-state index in [9.17, 15) is 4.79 Å². The zero-order valence-corrected chi connectivity index (χ0v) is 12.9. The number of nitrogens with two attached hydrogens (primary N) is 1. The Labute approximate surface area is 127 Å². The van der Waals surface area contributed by atoms with E-state index in [4.69, 9.17) is 5.73 Å². The summed E-state index contributed by atoms with van der Waals surface area (Å²) in [5, 5.41) is 0. The zero-order chi connectivity index (χ0) is 14.5. The summed E-state index contributed by atoms with van der Waals surface area (Å²) in [6.07, 6.45) is 0.327. The lowest BCUT2D eigenvalue weighted by Gasteiger charge is -2.18. The predicted molar refractivity (Wildman–Crippen MR) is 85.2 cm³/mol. The van der Waals surface area contributed by atoms with Crippen LogP contribution < -0.4 is 5.73 Å². The van der Waals surface area contributed by atoms with E-state index in [2.05, 4.69) is 15.9 Å². The molecule has 20 heavy (non-hydrogen) atoms. The van der Waals surface area contributed by atoms with Gasteiger partial charge in [-0.15, -0.1) is 0 Å². The second-order valence-electron chi connectivity index (χ2n) is 4.72. The highest BCUT2D eigenvalue weighted by Gasteiger charge is 2.12. The van der Waals surface area contributed by atoms with Gasteiger partial charge in [0.15, 0.2) is 0 Å². The molecule has 0 bridgehead atoms. The van der Waals surface area contributed by atoms with Crippen LogP contribution in [0.3, 0.4) is 0 Å². The SMILES string of the molecule is CN(Cc1ccccc1Br)C(=O)Cc1ccccc1N. The van der Waals surface area contributed by atoms with Crippen molar-refractivity contribution in [1.82, 2.24) is 4.90 Å². The minimum atomic E-state index is 0.0543. The van der Waals surface area contributed by atoms with Crippen molar-refractivity contribution in [3.8, 4) is 0 Å². The maximum absolute atomic E-state index is 12.2. The van der Waals surface area contributed by atoms with E-state index in [0.29, 0.717) is 18.7 Å². The molecule has 2 rings (SSSR count). The topological polar surface area (TPSA) is 46.3 Å². The Bertz CT molecular complexity index is 613. The van der Waals surface area contributed by atoms with Crippen LogP contribution in [0.15, 0.2) is 53.0 Å². The van der Waals surface area contributed by atoms with Gasteiger partial charge < -0.3 is 10.6 Å². The van der Waals surface area contributed by atoms with Crippen molar-refractivity contribution in [3.63, 3.8) is 0 Å². The first-order valence-corrected chi connectivity index (χ1v) is 7.18. The van der Waals surface area contributed by atoms with Gasteiger partial charge in [-0.05, 0) is 23.3 Å². The normalized spacial score (nSPS) is 10.3. The van der Waals surface area contributed by atoms with E-state index >= 15 is 0 Å². The van der Waals surface area contributed by atoms with E-state index in [-0.39, 0.29) is 5.91 Å². The molecule has 0 heterocycles. The largest absolute Gasteiger partial charge is 0.398 e. The van der Waals surface area contributed by atoms with Crippen molar-refractivity contribution in [3.05, 3.63) is 64.1 Å². The third-order valence-corrected chi connectivity index (χ3v) is 3.96. The number of anilines is 1. The lowest BCUT2D eigenvalue weighted by molar-refractivity contribution is -0.129. The minimum absolute atomic E-state index is 0.0543. The summed E-state index contributed by atoms with van der Waals surface area (Å²) in [6.45, 7) is 0.576. The van der Waals surface area contributed by atoms with Crippen molar-refractivity contribution < 1.29 is 4.79 Å². The molecule has 3 nitrogen and oxygen atoms in total. The molecule has 0 radical (unpaired) electrons. The first-order chi connectivity index (χ1) is 9.58. The fourth-order valence-corrected chi connectivity index (χ4v) is 2.37. The predicted octanol–water partition coefficient (Wildman–Crippen LogP) is 3.23. The number of rotatable bonds is 4. The molecule has 2 aromatic rings. The Balaban J connectivity index is 2.03. The number of amides is 1. The number of benzene rings is 2. The van der Waals surface area contributed by atoms with Gasteiger partial charge in [-0.3, -0.25) is 4.79 Å². The van der Waals surface area contributed by atoms with Crippen LogP contribution in [0, 0.1) is 0 Å². The highest BCUT2D eigenvalue weighted by atomic mass is 79.9. The van der Waals surface area contributed by atoms with E-state index in [1.165, 1.54) is 0 Å². The van der Waals surface area contributed by atoms with Gasteiger partial charge in [0.25, 0.3) is 0 Å². The van der Waals surface area contributed by atoms with E-state index in [1.54, 1.807) is 11.9 Å². The molecular weight excluding hydrogens is 316 g/mol. The molecule has 0 spiro atoms. The maximum Gasteiger partial charge on any atom is 0.227 e. The smallest absolute Gasteiger partial charge is 0.227 e. The third-order valence-electron chi connectivity index (χ3n) is 3.19. The Morgan fingerprint density at radius 2 is 1.70 bits per heavy atom. The Morgan fingerprint density at radius 1 is 1.10 bits per heavy atom. The molecule has 0 saturated heterocycles. The monoisotopic (exact) mass is 332 g/mol. The Morgan fingerprint density at radius 3 is 2.35 bits per heavy atom. The molecule has 0 unspecified atom stereocenters. The van der Waals surface area contributed by atoms with Crippen molar-refractivity contribution in [2.24, 2.45) is 0 Å². The van der Waals surface area contributed by atoms with E-state index in [0.717, 1.165) is 15.6 Å². The second kappa shape index (κ2) is 6.57.